The lowest BCUT2D eigenvalue weighted by molar-refractivity contribution is -0.119. The van der Waals surface area contributed by atoms with E-state index in [1.807, 2.05) is 19.1 Å². The molecule has 1 amide bonds. The van der Waals surface area contributed by atoms with Crippen LogP contribution in [0.3, 0.4) is 0 Å². The lowest BCUT2D eigenvalue weighted by Crippen LogP contribution is -2.21. The number of carbonyl (C=O) groups excluding carboxylic acids is 2. The first kappa shape index (κ1) is 17.0. The number of esters is 1. The Hall–Kier alpha value is -2.40. The van der Waals surface area contributed by atoms with Crippen molar-refractivity contribution < 1.29 is 18.7 Å². The molecule has 0 radical (unpaired) electrons. The van der Waals surface area contributed by atoms with Gasteiger partial charge in [0.1, 0.15) is 5.82 Å². The fourth-order valence-electron chi connectivity index (χ4n) is 1.87. The molecule has 6 heteroatoms. The third-order valence-electron chi connectivity index (χ3n) is 3.14. The van der Waals surface area contributed by atoms with E-state index in [1.54, 1.807) is 12.1 Å². The number of nitrogens with one attached hydrogen (secondary N) is 1. The van der Waals surface area contributed by atoms with Gasteiger partial charge in [-0.25, -0.2) is 9.18 Å². The van der Waals surface area contributed by atoms with Gasteiger partial charge in [0.2, 0.25) is 0 Å². The molecule has 0 spiro atoms. The summed E-state index contributed by atoms with van der Waals surface area (Å²) in [5.74, 6) is -1.65. The summed E-state index contributed by atoms with van der Waals surface area (Å²) in [7, 11) is 0. The van der Waals surface area contributed by atoms with Gasteiger partial charge in [0, 0.05) is 0 Å². The minimum atomic E-state index is -0.590. The zero-order valence-corrected chi connectivity index (χ0v) is 13.2. The second-order valence-corrected chi connectivity index (χ2v) is 5.21. The highest BCUT2D eigenvalue weighted by atomic mass is 35.5. The van der Waals surface area contributed by atoms with E-state index in [9.17, 15) is 14.0 Å². The average Bonchev–Trinajstić information content (AvgIpc) is 2.55. The lowest BCUT2D eigenvalue weighted by atomic mass is 10.1. The van der Waals surface area contributed by atoms with Crippen molar-refractivity contribution in [2.45, 2.75) is 13.3 Å². The van der Waals surface area contributed by atoms with Crippen molar-refractivity contribution in [3.63, 3.8) is 0 Å². The fourth-order valence-corrected chi connectivity index (χ4v) is 2.08. The maximum Gasteiger partial charge on any atom is 0.338 e. The van der Waals surface area contributed by atoms with Gasteiger partial charge >= 0.3 is 5.97 Å². The minimum absolute atomic E-state index is 0.0693. The second kappa shape index (κ2) is 7.74. The summed E-state index contributed by atoms with van der Waals surface area (Å²) in [6.45, 7) is 1.56. The van der Waals surface area contributed by atoms with Gasteiger partial charge in [0.15, 0.2) is 6.61 Å². The normalized spacial score (nSPS) is 10.2. The molecule has 0 fully saturated rings. The molecule has 0 bridgehead atoms. The summed E-state index contributed by atoms with van der Waals surface area (Å²) in [4.78, 5) is 23.6. The molecule has 0 atom stereocenters. The van der Waals surface area contributed by atoms with Gasteiger partial charge in [-0.2, -0.15) is 0 Å². The van der Waals surface area contributed by atoms with Crippen LogP contribution in [0, 0.1) is 5.82 Å². The molecule has 120 valence electrons. The van der Waals surface area contributed by atoms with Crippen molar-refractivity contribution >= 4 is 29.2 Å². The number of anilines is 1. The van der Waals surface area contributed by atoms with Gasteiger partial charge in [0.05, 0.1) is 16.3 Å². The Labute approximate surface area is 138 Å². The Balaban J connectivity index is 1.89. The maximum atomic E-state index is 12.9. The first-order valence-corrected chi connectivity index (χ1v) is 7.38. The molecule has 0 aliphatic carbocycles. The maximum absolute atomic E-state index is 12.9. The topological polar surface area (TPSA) is 55.4 Å². The van der Waals surface area contributed by atoms with E-state index in [0.717, 1.165) is 18.1 Å². The molecule has 0 saturated carbocycles. The Morgan fingerprint density at radius 2 is 1.87 bits per heavy atom. The van der Waals surface area contributed by atoms with Crippen LogP contribution in [0.15, 0.2) is 42.5 Å². The molecule has 0 aromatic heterocycles. The molecule has 23 heavy (non-hydrogen) atoms. The molecule has 0 aliphatic rings. The van der Waals surface area contributed by atoms with Crippen molar-refractivity contribution in [2.75, 3.05) is 11.9 Å². The van der Waals surface area contributed by atoms with Gasteiger partial charge < -0.3 is 10.1 Å². The number of hydrogen-bond acceptors (Lipinski definition) is 3. The van der Waals surface area contributed by atoms with Gasteiger partial charge in [-0.3, -0.25) is 4.79 Å². The average molecular weight is 336 g/mol. The lowest BCUT2D eigenvalue weighted by Gasteiger charge is -2.08. The highest BCUT2D eigenvalue weighted by molar-refractivity contribution is 6.33. The third-order valence-corrected chi connectivity index (χ3v) is 3.45. The van der Waals surface area contributed by atoms with E-state index >= 15 is 0 Å². The Kier molecular flexibility index (Phi) is 5.71. The van der Waals surface area contributed by atoms with Crippen LogP contribution in [-0.2, 0) is 16.0 Å². The molecule has 2 aromatic rings. The Morgan fingerprint density at radius 1 is 1.17 bits per heavy atom. The van der Waals surface area contributed by atoms with Crippen LogP contribution in [-0.4, -0.2) is 18.5 Å². The molecule has 1 N–H and O–H groups in total. The summed E-state index contributed by atoms with van der Waals surface area (Å²) in [6.07, 6.45) is 0.871. The predicted octanol–water partition coefficient (Wildman–Crippen LogP) is 3.84. The summed E-state index contributed by atoms with van der Waals surface area (Å²) in [5, 5.41) is 2.52. The molecule has 2 aromatic carbocycles. The highest BCUT2D eigenvalue weighted by Crippen LogP contribution is 2.22. The van der Waals surface area contributed by atoms with Crippen molar-refractivity contribution in [2.24, 2.45) is 0 Å². The first-order chi connectivity index (χ1) is 11.0. The monoisotopic (exact) mass is 335 g/mol. The summed E-state index contributed by atoms with van der Waals surface area (Å²) in [6, 6.07) is 10.5. The first-order valence-electron chi connectivity index (χ1n) is 7.00. The molecule has 0 saturated heterocycles. The number of carbonyl (C=O) groups is 2. The standard InChI is InChI=1S/C17H15ClFNO3/c1-2-11-3-5-12(6-4-11)17(22)23-10-16(21)20-15-8-7-13(19)9-14(15)18/h3-9H,2,10H2,1H3,(H,20,21). The SMILES string of the molecule is CCc1ccc(C(=O)OCC(=O)Nc2ccc(F)cc2Cl)cc1. The fraction of sp³-hybridized carbons (Fsp3) is 0.176. The molecule has 2 rings (SSSR count). The van der Waals surface area contributed by atoms with E-state index in [2.05, 4.69) is 5.32 Å². The number of benzene rings is 2. The Morgan fingerprint density at radius 3 is 2.48 bits per heavy atom. The molecular weight excluding hydrogens is 321 g/mol. The smallest absolute Gasteiger partial charge is 0.338 e. The number of hydrogen-bond donors (Lipinski definition) is 1. The quantitative estimate of drug-likeness (QED) is 0.845. The summed E-state index contributed by atoms with van der Waals surface area (Å²) >= 11 is 5.80. The van der Waals surface area contributed by atoms with Crippen LogP contribution in [0.1, 0.15) is 22.8 Å². The van der Waals surface area contributed by atoms with E-state index in [4.69, 9.17) is 16.3 Å². The minimum Gasteiger partial charge on any atom is -0.452 e. The van der Waals surface area contributed by atoms with Gasteiger partial charge in [-0.05, 0) is 42.3 Å². The van der Waals surface area contributed by atoms with Crippen LogP contribution >= 0.6 is 11.6 Å². The number of aryl methyl sites for hydroxylation is 1. The number of halogens is 2. The van der Waals surface area contributed by atoms with E-state index in [-0.39, 0.29) is 10.7 Å². The van der Waals surface area contributed by atoms with E-state index in [0.29, 0.717) is 5.56 Å². The van der Waals surface area contributed by atoms with Crippen LogP contribution in [0.2, 0.25) is 5.02 Å². The van der Waals surface area contributed by atoms with Crippen LogP contribution in [0.5, 0.6) is 0 Å². The third kappa shape index (κ3) is 4.79. The molecular formula is C17H15ClFNO3. The van der Waals surface area contributed by atoms with Gasteiger partial charge in [-0.15, -0.1) is 0 Å². The molecule has 4 nitrogen and oxygen atoms in total. The zero-order valence-electron chi connectivity index (χ0n) is 12.4. The molecule has 0 heterocycles. The summed E-state index contributed by atoms with van der Waals surface area (Å²) in [5.41, 5.74) is 1.72. The Bertz CT molecular complexity index is 716. The van der Waals surface area contributed by atoms with Crippen molar-refractivity contribution in [1.29, 1.82) is 0 Å². The van der Waals surface area contributed by atoms with E-state index in [1.165, 1.54) is 12.1 Å². The van der Waals surface area contributed by atoms with Crippen molar-refractivity contribution in [1.82, 2.24) is 0 Å². The number of amides is 1. The van der Waals surface area contributed by atoms with Crippen LogP contribution < -0.4 is 5.32 Å². The number of rotatable bonds is 5. The van der Waals surface area contributed by atoms with Crippen LogP contribution in [0.25, 0.3) is 0 Å². The van der Waals surface area contributed by atoms with Crippen molar-refractivity contribution in [3.8, 4) is 0 Å². The predicted molar refractivity (Wildman–Crippen MR) is 86.1 cm³/mol. The summed E-state index contributed by atoms with van der Waals surface area (Å²) < 4.78 is 17.8. The zero-order chi connectivity index (χ0) is 16.8. The second-order valence-electron chi connectivity index (χ2n) is 4.80. The van der Waals surface area contributed by atoms with Gasteiger partial charge in [-0.1, -0.05) is 30.7 Å². The largest absolute Gasteiger partial charge is 0.452 e. The molecule has 0 unspecified atom stereocenters. The number of ether oxygens (including phenoxy) is 1. The van der Waals surface area contributed by atoms with E-state index < -0.39 is 24.3 Å². The van der Waals surface area contributed by atoms with Crippen LogP contribution in [0.4, 0.5) is 10.1 Å². The van der Waals surface area contributed by atoms with Gasteiger partial charge in [0.25, 0.3) is 5.91 Å². The molecule has 0 aliphatic heterocycles. The highest BCUT2D eigenvalue weighted by Gasteiger charge is 2.11. The van der Waals surface area contributed by atoms with Crippen molar-refractivity contribution in [3.05, 3.63) is 64.4 Å².